The minimum absolute atomic E-state index is 0.000689. The molecule has 0 aromatic heterocycles. The minimum atomic E-state index is -0.840. The molecule has 292 valence electrons. The SMILES string of the molecule is COC1CCC([C@H](CC(=O)ON)N2NC(C)CC(CC(=O)C(C)(C)N(C)C3CCC(N(N)C(=O)N(N)C4CCCCC4C)CC3)C2=O)CC1OC. The Labute approximate surface area is 304 Å². The number of ether oxygens (including phenoxy) is 2. The van der Waals surface area contributed by atoms with Crippen molar-refractivity contribution in [2.45, 2.75) is 166 Å². The van der Waals surface area contributed by atoms with Crippen LogP contribution in [-0.4, -0.2) is 113 Å². The van der Waals surface area contributed by atoms with Crippen LogP contribution in [0.5, 0.6) is 0 Å². The first-order valence-electron chi connectivity index (χ1n) is 19.1. The molecular formula is C36H66N8O7. The van der Waals surface area contributed by atoms with Crippen LogP contribution in [0.1, 0.15) is 118 Å². The van der Waals surface area contributed by atoms with Gasteiger partial charge in [-0.05, 0) is 104 Å². The number of rotatable bonds is 13. The molecule has 3 saturated carbocycles. The van der Waals surface area contributed by atoms with E-state index < -0.39 is 23.5 Å². The van der Waals surface area contributed by atoms with E-state index in [0.717, 1.165) is 51.4 Å². The second-order valence-electron chi connectivity index (χ2n) is 16.2. The first-order valence-corrected chi connectivity index (χ1v) is 19.1. The highest BCUT2D eigenvalue weighted by Gasteiger charge is 2.46. The summed E-state index contributed by atoms with van der Waals surface area (Å²) in [6.45, 7) is 7.97. The number of hydrogen-bond donors (Lipinski definition) is 4. The molecule has 3 amide bonds. The Bertz CT molecular complexity index is 1200. The third-order valence-corrected chi connectivity index (χ3v) is 12.8. The van der Waals surface area contributed by atoms with Crippen LogP contribution >= 0.6 is 0 Å². The molecule has 0 bridgehead atoms. The molecule has 7 unspecified atom stereocenters. The number of hydrazine groups is 3. The smallest absolute Gasteiger partial charge is 0.348 e. The van der Waals surface area contributed by atoms with E-state index in [2.05, 4.69) is 22.1 Å². The van der Waals surface area contributed by atoms with Crippen molar-refractivity contribution in [3.05, 3.63) is 0 Å². The van der Waals surface area contributed by atoms with Crippen molar-refractivity contribution < 1.29 is 33.5 Å². The van der Waals surface area contributed by atoms with E-state index in [1.807, 2.05) is 27.8 Å². The summed E-state index contributed by atoms with van der Waals surface area (Å²) in [5.74, 6) is 16.8. The van der Waals surface area contributed by atoms with E-state index in [1.54, 1.807) is 19.2 Å². The van der Waals surface area contributed by atoms with E-state index in [4.69, 9.17) is 27.1 Å². The molecule has 0 radical (unpaired) electrons. The zero-order valence-electron chi connectivity index (χ0n) is 32.1. The summed E-state index contributed by atoms with van der Waals surface area (Å²) >= 11 is 0. The van der Waals surface area contributed by atoms with Gasteiger partial charge in [-0.15, -0.1) is 0 Å². The van der Waals surface area contributed by atoms with Crippen LogP contribution in [0.25, 0.3) is 0 Å². The van der Waals surface area contributed by atoms with E-state index in [0.29, 0.717) is 31.6 Å². The summed E-state index contributed by atoms with van der Waals surface area (Å²) in [6.07, 6.45) is 9.43. The Morgan fingerprint density at radius 3 is 2.14 bits per heavy atom. The number of urea groups is 1. The number of nitrogens with two attached hydrogens (primary N) is 3. The van der Waals surface area contributed by atoms with E-state index in [9.17, 15) is 19.2 Å². The van der Waals surface area contributed by atoms with Gasteiger partial charge in [0.1, 0.15) is 0 Å². The number of nitrogens with zero attached hydrogens (tertiary/aromatic N) is 4. The van der Waals surface area contributed by atoms with Crippen molar-refractivity contribution in [1.29, 1.82) is 0 Å². The first-order chi connectivity index (χ1) is 24.1. The Kier molecular flexibility index (Phi) is 14.7. The lowest BCUT2D eigenvalue weighted by Crippen LogP contribution is -2.63. The number of methoxy groups -OCH3 is 2. The summed E-state index contributed by atoms with van der Waals surface area (Å²) in [6, 6.07) is -0.979. The standard InChI is InChI=1S/C36H66N8O7/c1-22-10-8-9-11-28(22)43(38)35(48)42(37)27-15-13-26(14-16-27)41(5)36(3,4)32(45)20-25-18-23(2)40-44(34(25)47)29(21-33(46)51-39)24-12-17-30(49-6)31(19-24)50-7/h22-31,40H,8-21,37-39H2,1-7H3/t22?,23?,24?,25?,26?,27?,28?,29-,30?,31?/m0/s1. The van der Waals surface area contributed by atoms with Crippen molar-refractivity contribution in [1.82, 2.24) is 25.4 Å². The van der Waals surface area contributed by atoms with Gasteiger partial charge in [0.15, 0.2) is 5.78 Å². The van der Waals surface area contributed by atoms with Crippen LogP contribution in [0.4, 0.5) is 4.79 Å². The highest BCUT2D eigenvalue weighted by atomic mass is 16.7. The second kappa shape index (κ2) is 18.1. The zero-order chi connectivity index (χ0) is 37.6. The van der Waals surface area contributed by atoms with Crippen LogP contribution in [0.2, 0.25) is 0 Å². The van der Waals surface area contributed by atoms with Crippen LogP contribution in [0.15, 0.2) is 0 Å². The zero-order valence-corrected chi connectivity index (χ0v) is 32.1. The van der Waals surface area contributed by atoms with Crippen LogP contribution < -0.4 is 23.0 Å². The quantitative estimate of drug-likeness (QED) is 0.123. The fourth-order valence-electron chi connectivity index (χ4n) is 9.19. The lowest BCUT2D eigenvalue weighted by Gasteiger charge is -2.47. The summed E-state index contributed by atoms with van der Waals surface area (Å²) in [5.41, 5.74) is 2.47. The van der Waals surface area contributed by atoms with E-state index in [1.165, 1.54) is 10.0 Å². The molecular weight excluding hydrogens is 656 g/mol. The molecule has 4 fully saturated rings. The van der Waals surface area contributed by atoms with Crippen LogP contribution in [0, 0.1) is 17.8 Å². The van der Waals surface area contributed by atoms with Crippen LogP contribution in [0.3, 0.4) is 0 Å². The molecule has 3 aliphatic carbocycles. The average Bonchev–Trinajstić information content (AvgIpc) is 3.13. The van der Waals surface area contributed by atoms with Gasteiger partial charge < -0.3 is 14.3 Å². The van der Waals surface area contributed by atoms with Gasteiger partial charge in [-0.3, -0.25) is 34.3 Å². The Hall–Kier alpha value is -2.40. The summed E-state index contributed by atoms with van der Waals surface area (Å²) in [4.78, 5) is 60.7. The van der Waals surface area contributed by atoms with Crippen molar-refractivity contribution in [3.8, 4) is 0 Å². The maximum Gasteiger partial charge on any atom is 0.348 e. The van der Waals surface area contributed by atoms with E-state index in [-0.39, 0.29) is 72.9 Å². The van der Waals surface area contributed by atoms with E-state index >= 15 is 0 Å². The molecule has 0 aromatic carbocycles. The number of amides is 3. The van der Waals surface area contributed by atoms with Gasteiger partial charge in [0.2, 0.25) is 5.91 Å². The molecule has 7 N–H and O–H groups in total. The summed E-state index contributed by atoms with van der Waals surface area (Å²) < 4.78 is 11.3. The topological polar surface area (TPSA) is 199 Å². The molecule has 15 nitrogen and oxygen atoms in total. The largest absolute Gasteiger partial charge is 0.379 e. The van der Waals surface area contributed by atoms with Crippen molar-refractivity contribution in [3.63, 3.8) is 0 Å². The highest BCUT2D eigenvalue weighted by Crippen LogP contribution is 2.37. The van der Waals surface area contributed by atoms with Gasteiger partial charge >= 0.3 is 12.0 Å². The third kappa shape index (κ3) is 9.59. The monoisotopic (exact) mass is 723 g/mol. The number of ketones is 1. The molecule has 1 aliphatic heterocycles. The molecule has 15 heteroatoms. The summed E-state index contributed by atoms with van der Waals surface area (Å²) in [7, 11) is 5.27. The predicted octanol–water partition coefficient (Wildman–Crippen LogP) is 2.76. The fourth-order valence-corrected chi connectivity index (χ4v) is 9.19. The van der Waals surface area contributed by atoms with Crippen LogP contribution in [-0.2, 0) is 28.7 Å². The Balaban J connectivity index is 1.38. The summed E-state index contributed by atoms with van der Waals surface area (Å²) in [5, 5.41) is 4.24. The van der Waals surface area contributed by atoms with Gasteiger partial charge in [-0.1, -0.05) is 19.8 Å². The lowest BCUT2D eigenvalue weighted by molar-refractivity contribution is -0.160. The number of nitrogens with one attached hydrogen (secondary N) is 1. The molecule has 4 rings (SSSR count). The van der Waals surface area contributed by atoms with Crippen molar-refractivity contribution >= 4 is 23.7 Å². The molecule has 0 spiro atoms. The molecule has 1 heterocycles. The number of likely N-dealkylation sites (N-methyl/N-ethyl adjacent to an activating group) is 1. The number of carbonyl (C=O) groups excluding carboxylic acids is 4. The van der Waals surface area contributed by atoms with Gasteiger partial charge in [0, 0.05) is 38.6 Å². The fraction of sp³-hybridized carbons (Fsp3) is 0.889. The first kappa shape index (κ1) is 41.4. The average molecular weight is 723 g/mol. The maximum atomic E-state index is 14.2. The number of carbonyl (C=O) groups is 4. The second-order valence-corrected chi connectivity index (χ2v) is 16.2. The molecule has 8 atom stereocenters. The predicted molar refractivity (Wildman–Crippen MR) is 192 cm³/mol. The Morgan fingerprint density at radius 1 is 0.902 bits per heavy atom. The van der Waals surface area contributed by atoms with Gasteiger partial charge in [0.05, 0.1) is 42.3 Å². The Morgan fingerprint density at radius 2 is 1.53 bits per heavy atom. The molecule has 0 aromatic rings. The van der Waals surface area contributed by atoms with Gasteiger partial charge in [-0.2, -0.15) is 5.90 Å². The third-order valence-electron chi connectivity index (χ3n) is 12.8. The normalized spacial score (nSPS) is 32.7. The van der Waals surface area contributed by atoms with Gasteiger partial charge in [0.25, 0.3) is 0 Å². The number of hydrogen-bond acceptors (Lipinski definition) is 12. The molecule has 1 saturated heterocycles. The molecule has 51 heavy (non-hydrogen) atoms. The van der Waals surface area contributed by atoms with Gasteiger partial charge in [-0.25, -0.2) is 21.9 Å². The van der Waals surface area contributed by atoms with Crippen molar-refractivity contribution in [2.24, 2.45) is 35.3 Å². The highest BCUT2D eigenvalue weighted by molar-refractivity contribution is 5.92. The maximum absolute atomic E-state index is 14.2. The molecule has 4 aliphatic rings. The number of Topliss-reactive ketones (excluding diaryl/α,β-unsaturated/α-hetero) is 1. The minimum Gasteiger partial charge on any atom is -0.379 e. The van der Waals surface area contributed by atoms with Crippen molar-refractivity contribution in [2.75, 3.05) is 21.3 Å². The lowest BCUT2D eigenvalue weighted by atomic mass is 9.78.